The van der Waals surface area contributed by atoms with Gasteiger partial charge in [-0.25, -0.2) is 4.98 Å². The number of rotatable bonds is 5. The Hall–Kier alpha value is -3.81. The molecule has 176 valence electrons. The molecule has 0 spiro atoms. The number of ether oxygens (including phenoxy) is 2. The quantitative estimate of drug-likeness (QED) is 0.317. The van der Waals surface area contributed by atoms with E-state index in [4.69, 9.17) is 32.7 Å². The number of carboxylic acids is 1. The van der Waals surface area contributed by atoms with Gasteiger partial charge in [0.05, 0.1) is 23.1 Å². The molecule has 3 aromatic carbocycles. The van der Waals surface area contributed by atoms with Gasteiger partial charge in [-0.3, -0.25) is 9.59 Å². The average molecular weight is 509 g/mol. The molecule has 0 saturated carbocycles. The molecule has 0 bridgehead atoms. The van der Waals surface area contributed by atoms with Gasteiger partial charge in [0.2, 0.25) is 0 Å². The van der Waals surface area contributed by atoms with Gasteiger partial charge < -0.3 is 19.9 Å². The highest BCUT2D eigenvalue weighted by molar-refractivity contribution is 6.32. The third-order valence-electron chi connectivity index (χ3n) is 5.64. The van der Waals surface area contributed by atoms with Gasteiger partial charge in [-0.1, -0.05) is 23.2 Å². The molecule has 0 fully saturated rings. The maximum Gasteiger partial charge on any atom is 0.311 e. The molecule has 0 aliphatic carbocycles. The number of fused-ring (bicyclic) bond motifs is 2. The summed E-state index contributed by atoms with van der Waals surface area (Å²) in [7, 11) is 0. The van der Waals surface area contributed by atoms with Gasteiger partial charge in [-0.05, 0) is 67.1 Å². The number of pyridine rings is 1. The lowest BCUT2D eigenvalue weighted by Gasteiger charge is -2.24. The largest absolute Gasteiger partial charge is 0.493 e. The topological polar surface area (TPSA) is 97.8 Å². The summed E-state index contributed by atoms with van der Waals surface area (Å²) in [6.07, 6.45) is 0.380. The number of carbonyl (C=O) groups is 2. The van der Waals surface area contributed by atoms with Crippen molar-refractivity contribution in [3.63, 3.8) is 0 Å². The number of nitrogens with one attached hydrogen (secondary N) is 1. The molecule has 9 heteroatoms. The molecule has 1 atom stereocenters. The van der Waals surface area contributed by atoms with Crippen molar-refractivity contribution in [3.8, 4) is 17.2 Å². The van der Waals surface area contributed by atoms with Crippen LogP contribution in [0.4, 0.5) is 5.82 Å². The monoisotopic (exact) mass is 508 g/mol. The zero-order valence-corrected chi connectivity index (χ0v) is 19.6. The fourth-order valence-corrected chi connectivity index (χ4v) is 4.27. The second-order valence-electron chi connectivity index (χ2n) is 7.96. The number of halogens is 2. The fraction of sp³-hybridized carbons (Fsp3) is 0.115. The van der Waals surface area contributed by atoms with Crippen LogP contribution >= 0.6 is 23.2 Å². The van der Waals surface area contributed by atoms with Crippen LogP contribution in [0.2, 0.25) is 10.0 Å². The molecular formula is C26H18Cl2N2O5. The van der Waals surface area contributed by atoms with Gasteiger partial charge in [-0.2, -0.15) is 0 Å². The first-order valence-electron chi connectivity index (χ1n) is 10.7. The number of carbonyl (C=O) groups excluding carboxylic acids is 1. The third-order valence-corrected chi connectivity index (χ3v) is 6.17. The minimum absolute atomic E-state index is 0.269. The molecule has 4 aromatic rings. The lowest BCUT2D eigenvalue weighted by Crippen LogP contribution is -2.20. The van der Waals surface area contributed by atoms with Crippen molar-refractivity contribution >= 4 is 51.8 Å². The molecule has 1 unspecified atom stereocenters. The number of aliphatic carboxylic acids is 1. The summed E-state index contributed by atoms with van der Waals surface area (Å²) in [5.41, 5.74) is 1.66. The molecule has 2 N–H and O–H groups in total. The minimum atomic E-state index is -0.920. The minimum Gasteiger partial charge on any atom is -0.493 e. The van der Waals surface area contributed by atoms with Crippen LogP contribution in [-0.4, -0.2) is 28.6 Å². The highest BCUT2D eigenvalue weighted by Crippen LogP contribution is 2.41. The number of anilines is 1. The van der Waals surface area contributed by atoms with E-state index in [1.54, 1.807) is 60.7 Å². The predicted octanol–water partition coefficient (Wildman–Crippen LogP) is 6.54. The van der Waals surface area contributed by atoms with E-state index < -0.39 is 11.9 Å². The van der Waals surface area contributed by atoms with Crippen LogP contribution in [0.3, 0.4) is 0 Å². The molecule has 35 heavy (non-hydrogen) atoms. The smallest absolute Gasteiger partial charge is 0.311 e. The molecule has 5 rings (SSSR count). The van der Waals surface area contributed by atoms with Crippen molar-refractivity contribution in [1.29, 1.82) is 0 Å². The Bertz CT molecular complexity index is 1460. The fourth-order valence-electron chi connectivity index (χ4n) is 3.88. The Morgan fingerprint density at radius 2 is 1.83 bits per heavy atom. The number of hydrogen-bond donors (Lipinski definition) is 2. The molecule has 7 nitrogen and oxygen atoms in total. The van der Waals surface area contributed by atoms with Crippen LogP contribution in [0.15, 0.2) is 66.7 Å². The van der Waals surface area contributed by atoms with Crippen molar-refractivity contribution in [2.45, 2.75) is 12.3 Å². The van der Waals surface area contributed by atoms with E-state index in [0.717, 1.165) is 10.9 Å². The van der Waals surface area contributed by atoms with E-state index in [0.29, 0.717) is 52.2 Å². The highest BCUT2D eigenvalue weighted by atomic mass is 35.5. The number of hydrogen-bond acceptors (Lipinski definition) is 5. The molecule has 1 amide bonds. The van der Waals surface area contributed by atoms with E-state index in [9.17, 15) is 14.7 Å². The van der Waals surface area contributed by atoms with Gasteiger partial charge in [0.1, 0.15) is 23.1 Å². The first-order chi connectivity index (χ1) is 16.9. The molecule has 1 aliphatic heterocycles. The zero-order chi connectivity index (χ0) is 24.5. The molecule has 2 heterocycles. The van der Waals surface area contributed by atoms with E-state index in [1.807, 2.05) is 6.07 Å². The number of aromatic nitrogens is 1. The second-order valence-corrected chi connectivity index (χ2v) is 8.81. The first-order valence-corrected chi connectivity index (χ1v) is 11.5. The molecule has 0 saturated heterocycles. The standard InChI is InChI=1S/C26H18Cl2N2O5/c27-16-4-7-21-15(11-16)3-8-24(29-21)30-25(31)14-1-5-17(6-2-14)35-23-13-22-19(12-20(23)28)18(26(32)33)9-10-34-22/h1-8,11-13,18H,9-10H2,(H,32,33)(H,29,30,31). The zero-order valence-electron chi connectivity index (χ0n) is 18.1. The summed E-state index contributed by atoms with van der Waals surface area (Å²) in [5.74, 6) is -0.273. The van der Waals surface area contributed by atoms with Gasteiger partial charge in [0.25, 0.3) is 5.91 Å². The van der Waals surface area contributed by atoms with Gasteiger partial charge in [0.15, 0.2) is 0 Å². The second kappa shape index (κ2) is 9.44. The Balaban J connectivity index is 1.30. The Labute approximate surface area is 210 Å². The average Bonchev–Trinajstić information content (AvgIpc) is 2.84. The van der Waals surface area contributed by atoms with E-state index >= 15 is 0 Å². The van der Waals surface area contributed by atoms with Crippen LogP contribution in [0, 0.1) is 0 Å². The predicted molar refractivity (Wildman–Crippen MR) is 133 cm³/mol. The number of benzene rings is 3. The van der Waals surface area contributed by atoms with Crippen molar-refractivity contribution in [2.24, 2.45) is 0 Å². The molecule has 0 radical (unpaired) electrons. The summed E-state index contributed by atoms with van der Waals surface area (Å²) in [6, 6.07) is 18.6. The van der Waals surface area contributed by atoms with Crippen molar-refractivity contribution in [2.75, 3.05) is 11.9 Å². The lowest BCUT2D eigenvalue weighted by atomic mass is 9.93. The molecule has 1 aliphatic rings. The van der Waals surface area contributed by atoms with E-state index in [-0.39, 0.29) is 10.9 Å². The first kappa shape index (κ1) is 23.0. The molecule has 1 aromatic heterocycles. The van der Waals surface area contributed by atoms with Crippen molar-refractivity contribution < 1.29 is 24.2 Å². The van der Waals surface area contributed by atoms with Crippen molar-refractivity contribution in [1.82, 2.24) is 4.98 Å². The Kier molecular flexibility index (Phi) is 6.19. The van der Waals surface area contributed by atoms with Crippen LogP contribution < -0.4 is 14.8 Å². The number of carboxylic acid groups (broad SMARTS) is 1. The van der Waals surface area contributed by atoms with Crippen LogP contribution in [-0.2, 0) is 4.79 Å². The SMILES string of the molecule is O=C(Nc1ccc2cc(Cl)ccc2n1)c1ccc(Oc2cc3c(cc2Cl)C(C(=O)O)CCO3)cc1. The summed E-state index contributed by atoms with van der Waals surface area (Å²) in [4.78, 5) is 28.6. The Morgan fingerprint density at radius 1 is 1.03 bits per heavy atom. The maximum absolute atomic E-state index is 12.7. The molecular weight excluding hydrogens is 491 g/mol. The van der Waals surface area contributed by atoms with E-state index in [1.165, 1.54) is 0 Å². The van der Waals surface area contributed by atoms with E-state index in [2.05, 4.69) is 10.3 Å². The highest BCUT2D eigenvalue weighted by Gasteiger charge is 2.29. The number of amides is 1. The third kappa shape index (κ3) is 4.87. The van der Waals surface area contributed by atoms with Crippen LogP contribution in [0.1, 0.15) is 28.3 Å². The van der Waals surface area contributed by atoms with Crippen LogP contribution in [0.25, 0.3) is 10.9 Å². The van der Waals surface area contributed by atoms with Crippen molar-refractivity contribution in [3.05, 3.63) is 87.9 Å². The summed E-state index contributed by atoms with van der Waals surface area (Å²) in [6.45, 7) is 0.300. The van der Waals surface area contributed by atoms with Crippen LogP contribution in [0.5, 0.6) is 17.2 Å². The van der Waals surface area contributed by atoms with Gasteiger partial charge >= 0.3 is 5.97 Å². The maximum atomic E-state index is 12.7. The summed E-state index contributed by atoms with van der Waals surface area (Å²) in [5, 5.41) is 14.0. The van der Waals surface area contributed by atoms with Gasteiger partial charge in [0, 0.05) is 27.6 Å². The van der Waals surface area contributed by atoms with Gasteiger partial charge in [-0.15, -0.1) is 0 Å². The lowest BCUT2D eigenvalue weighted by molar-refractivity contribution is -0.139. The summed E-state index contributed by atoms with van der Waals surface area (Å²) < 4.78 is 11.5. The Morgan fingerprint density at radius 3 is 2.60 bits per heavy atom. The number of nitrogens with zero attached hydrogens (tertiary/aromatic N) is 1. The summed E-state index contributed by atoms with van der Waals surface area (Å²) >= 11 is 12.4. The normalized spacial score (nSPS) is 14.6.